The predicted octanol–water partition coefficient (Wildman–Crippen LogP) is 1.83. The van der Waals surface area contributed by atoms with Gasteiger partial charge in [-0.05, 0) is 57.0 Å². The standard InChI is InChI=1S/C15H22N2O3S.ClH/c1-11-4-5-12(2)13(10-11)17-14(18)15(21(3,19)20)6-8-16-9-7-15;/h4-5,10,16H,6-9H2,1-3H3,(H,17,18);1H. The minimum atomic E-state index is -3.48. The molecule has 0 radical (unpaired) electrons. The molecule has 1 aromatic rings. The first-order valence-electron chi connectivity index (χ1n) is 7.05. The molecular formula is C15H23ClN2O3S. The summed E-state index contributed by atoms with van der Waals surface area (Å²) in [6, 6.07) is 5.74. The van der Waals surface area contributed by atoms with Crippen LogP contribution in [0.1, 0.15) is 24.0 Å². The second-order valence-corrected chi connectivity index (χ2v) is 8.11. The average molecular weight is 347 g/mol. The van der Waals surface area contributed by atoms with Crippen LogP contribution in [-0.4, -0.2) is 38.4 Å². The van der Waals surface area contributed by atoms with Gasteiger partial charge in [-0.15, -0.1) is 12.4 Å². The molecule has 0 aromatic heterocycles. The highest BCUT2D eigenvalue weighted by Crippen LogP contribution is 2.30. The lowest BCUT2D eigenvalue weighted by Gasteiger charge is -2.34. The summed E-state index contributed by atoms with van der Waals surface area (Å²) < 4.78 is 23.1. The van der Waals surface area contributed by atoms with Crippen molar-refractivity contribution in [3.8, 4) is 0 Å². The molecule has 2 rings (SSSR count). The number of carbonyl (C=O) groups excluding carboxylic acids is 1. The third-order valence-corrected chi connectivity index (χ3v) is 6.19. The molecule has 0 bridgehead atoms. The van der Waals surface area contributed by atoms with E-state index in [0.29, 0.717) is 31.6 Å². The molecule has 1 fully saturated rings. The van der Waals surface area contributed by atoms with Crippen LogP contribution in [0.5, 0.6) is 0 Å². The number of piperidine rings is 1. The van der Waals surface area contributed by atoms with Crippen molar-refractivity contribution >= 4 is 33.8 Å². The molecule has 1 saturated heterocycles. The second kappa shape index (κ2) is 6.98. The van der Waals surface area contributed by atoms with Gasteiger partial charge in [0.15, 0.2) is 14.6 Å². The highest BCUT2D eigenvalue weighted by Gasteiger charge is 2.48. The van der Waals surface area contributed by atoms with Gasteiger partial charge in [0.1, 0.15) is 0 Å². The van der Waals surface area contributed by atoms with E-state index in [1.807, 2.05) is 32.0 Å². The number of aryl methyl sites for hydroxylation is 2. The van der Waals surface area contributed by atoms with E-state index in [1.165, 1.54) is 0 Å². The largest absolute Gasteiger partial charge is 0.324 e. The number of amides is 1. The molecule has 1 heterocycles. The Kier molecular flexibility index (Phi) is 6.01. The normalized spacial score (nSPS) is 17.4. The first-order valence-corrected chi connectivity index (χ1v) is 8.94. The molecule has 0 unspecified atom stereocenters. The number of nitrogens with one attached hydrogen (secondary N) is 2. The van der Waals surface area contributed by atoms with Crippen LogP contribution in [0.25, 0.3) is 0 Å². The molecule has 124 valence electrons. The molecular weight excluding hydrogens is 324 g/mol. The monoisotopic (exact) mass is 346 g/mol. The van der Waals surface area contributed by atoms with Gasteiger partial charge < -0.3 is 10.6 Å². The van der Waals surface area contributed by atoms with Crippen molar-refractivity contribution in [3.05, 3.63) is 29.3 Å². The Morgan fingerprint density at radius 1 is 1.23 bits per heavy atom. The summed E-state index contributed by atoms with van der Waals surface area (Å²) >= 11 is 0. The Labute approximate surface area is 138 Å². The summed E-state index contributed by atoms with van der Waals surface area (Å²) in [5, 5.41) is 5.93. The third kappa shape index (κ3) is 3.62. The van der Waals surface area contributed by atoms with Gasteiger partial charge in [0.05, 0.1) is 0 Å². The minimum absolute atomic E-state index is 0. The number of halogens is 1. The molecule has 1 aliphatic rings. The fraction of sp³-hybridized carbons (Fsp3) is 0.533. The van der Waals surface area contributed by atoms with E-state index in [-0.39, 0.29) is 12.4 Å². The first kappa shape index (κ1) is 18.9. The van der Waals surface area contributed by atoms with Crippen LogP contribution < -0.4 is 10.6 Å². The van der Waals surface area contributed by atoms with Crippen LogP contribution in [0.15, 0.2) is 18.2 Å². The number of hydrogen-bond donors (Lipinski definition) is 2. The lowest BCUT2D eigenvalue weighted by atomic mass is 9.95. The number of rotatable bonds is 3. The SMILES string of the molecule is Cc1ccc(C)c(NC(=O)C2(S(C)(=O)=O)CCNCC2)c1.Cl. The molecule has 0 atom stereocenters. The second-order valence-electron chi connectivity index (χ2n) is 5.79. The van der Waals surface area contributed by atoms with Crippen molar-refractivity contribution in [2.24, 2.45) is 0 Å². The average Bonchev–Trinajstić information content (AvgIpc) is 2.42. The van der Waals surface area contributed by atoms with Gasteiger partial charge >= 0.3 is 0 Å². The zero-order chi connectivity index (χ0) is 15.7. The molecule has 0 aliphatic carbocycles. The fourth-order valence-corrected chi connectivity index (χ4v) is 4.04. The van der Waals surface area contributed by atoms with E-state index in [0.717, 1.165) is 17.4 Å². The van der Waals surface area contributed by atoms with Crippen molar-refractivity contribution in [1.29, 1.82) is 0 Å². The van der Waals surface area contributed by atoms with Crippen LogP contribution in [-0.2, 0) is 14.6 Å². The van der Waals surface area contributed by atoms with Crippen LogP contribution in [0.3, 0.4) is 0 Å². The Morgan fingerprint density at radius 2 is 1.82 bits per heavy atom. The quantitative estimate of drug-likeness (QED) is 0.875. The summed E-state index contributed by atoms with van der Waals surface area (Å²) in [5.41, 5.74) is 2.63. The van der Waals surface area contributed by atoms with Gasteiger partial charge in [-0.25, -0.2) is 8.42 Å². The van der Waals surface area contributed by atoms with Crippen molar-refractivity contribution in [2.75, 3.05) is 24.7 Å². The molecule has 7 heteroatoms. The van der Waals surface area contributed by atoms with Gasteiger partial charge in [0, 0.05) is 11.9 Å². The maximum atomic E-state index is 12.7. The van der Waals surface area contributed by atoms with Crippen LogP contribution in [0.4, 0.5) is 5.69 Å². The number of carbonyl (C=O) groups is 1. The Balaban J connectivity index is 0.00000242. The highest BCUT2D eigenvalue weighted by molar-refractivity contribution is 7.92. The van der Waals surface area contributed by atoms with Crippen molar-refractivity contribution in [1.82, 2.24) is 5.32 Å². The van der Waals surface area contributed by atoms with Crippen molar-refractivity contribution in [3.63, 3.8) is 0 Å². The van der Waals surface area contributed by atoms with Gasteiger partial charge in [-0.1, -0.05) is 12.1 Å². The van der Waals surface area contributed by atoms with E-state index in [9.17, 15) is 13.2 Å². The molecule has 2 N–H and O–H groups in total. The van der Waals surface area contributed by atoms with E-state index in [2.05, 4.69) is 10.6 Å². The molecule has 5 nitrogen and oxygen atoms in total. The Hall–Kier alpha value is -1.11. The van der Waals surface area contributed by atoms with E-state index in [4.69, 9.17) is 0 Å². The van der Waals surface area contributed by atoms with E-state index >= 15 is 0 Å². The number of anilines is 1. The summed E-state index contributed by atoms with van der Waals surface area (Å²) in [5.74, 6) is -0.416. The van der Waals surface area contributed by atoms with Crippen LogP contribution in [0, 0.1) is 13.8 Å². The van der Waals surface area contributed by atoms with Crippen LogP contribution >= 0.6 is 12.4 Å². The molecule has 1 aliphatic heterocycles. The molecule has 1 amide bonds. The topological polar surface area (TPSA) is 75.3 Å². The number of sulfone groups is 1. The molecule has 1 aromatic carbocycles. The lowest BCUT2D eigenvalue weighted by Crippen LogP contribution is -2.55. The van der Waals surface area contributed by atoms with Gasteiger partial charge in [-0.2, -0.15) is 0 Å². The highest BCUT2D eigenvalue weighted by atomic mass is 35.5. The Morgan fingerprint density at radius 3 is 2.36 bits per heavy atom. The molecule has 0 spiro atoms. The number of benzene rings is 1. The van der Waals surface area contributed by atoms with E-state index < -0.39 is 20.5 Å². The summed E-state index contributed by atoms with van der Waals surface area (Å²) in [7, 11) is -3.48. The van der Waals surface area contributed by atoms with Gasteiger partial charge in [-0.3, -0.25) is 4.79 Å². The first-order chi connectivity index (χ1) is 9.76. The zero-order valence-corrected chi connectivity index (χ0v) is 14.7. The third-order valence-electron chi connectivity index (χ3n) is 4.18. The summed E-state index contributed by atoms with van der Waals surface area (Å²) in [6.45, 7) is 4.90. The van der Waals surface area contributed by atoms with E-state index in [1.54, 1.807) is 0 Å². The van der Waals surface area contributed by atoms with Gasteiger partial charge in [0.2, 0.25) is 5.91 Å². The minimum Gasteiger partial charge on any atom is -0.324 e. The maximum absolute atomic E-state index is 12.7. The molecule has 22 heavy (non-hydrogen) atoms. The number of hydrogen-bond acceptors (Lipinski definition) is 4. The lowest BCUT2D eigenvalue weighted by molar-refractivity contribution is -0.119. The smallest absolute Gasteiger partial charge is 0.245 e. The van der Waals surface area contributed by atoms with Gasteiger partial charge in [0.25, 0.3) is 0 Å². The van der Waals surface area contributed by atoms with Crippen molar-refractivity contribution in [2.45, 2.75) is 31.4 Å². The summed E-state index contributed by atoms with van der Waals surface area (Å²) in [6.07, 6.45) is 1.77. The summed E-state index contributed by atoms with van der Waals surface area (Å²) in [4.78, 5) is 12.7. The zero-order valence-electron chi connectivity index (χ0n) is 13.1. The maximum Gasteiger partial charge on any atom is 0.245 e. The van der Waals surface area contributed by atoms with Crippen LogP contribution in [0.2, 0.25) is 0 Å². The molecule has 0 saturated carbocycles. The predicted molar refractivity (Wildman–Crippen MR) is 91.5 cm³/mol. The Bertz CT molecular complexity index is 653. The fourth-order valence-electron chi connectivity index (χ4n) is 2.70. The van der Waals surface area contributed by atoms with Crippen molar-refractivity contribution < 1.29 is 13.2 Å².